The van der Waals surface area contributed by atoms with Crippen molar-refractivity contribution < 1.29 is 14.5 Å². The lowest BCUT2D eigenvalue weighted by atomic mass is 10.2. The van der Waals surface area contributed by atoms with E-state index in [0.717, 1.165) is 28.7 Å². The largest absolute Gasteiger partial charge is 0.318 e. The van der Waals surface area contributed by atoms with Crippen LogP contribution in [0.25, 0.3) is 11.8 Å². The summed E-state index contributed by atoms with van der Waals surface area (Å²) in [5.41, 5.74) is 3.20. The molecule has 8 heteroatoms. The van der Waals surface area contributed by atoms with Crippen LogP contribution in [0.4, 0.5) is 10.5 Å². The monoisotopic (exact) mass is 385 g/mol. The zero-order valence-electron chi connectivity index (χ0n) is 15.4. The fraction of sp³-hybridized carbons (Fsp3) is 0.263. The van der Waals surface area contributed by atoms with Crippen molar-refractivity contribution in [1.82, 2.24) is 9.47 Å². The number of aromatic nitrogens is 1. The van der Waals surface area contributed by atoms with Gasteiger partial charge in [-0.2, -0.15) is 0 Å². The van der Waals surface area contributed by atoms with Crippen LogP contribution in [0.2, 0.25) is 0 Å². The minimum absolute atomic E-state index is 0.0135. The smallest absolute Gasteiger partial charge is 0.293 e. The molecule has 2 heterocycles. The maximum Gasteiger partial charge on any atom is 0.293 e. The first-order valence-corrected chi connectivity index (χ1v) is 9.23. The van der Waals surface area contributed by atoms with Gasteiger partial charge in [0.05, 0.1) is 15.5 Å². The summed E-state index contributed by atoms with van der Waals surface area (Å²) in [6.45, 7) is 7.37. The van der Waals surface area contributed by atoms with Gasteiger partial charge in [0.15, 0.2) is 0 Å². The van der Waals surface area contributed by atoms with Crippen LogP contribution in [-0.4, -0.2) is 31.6 Å². The van der Waals surface area contributed by atoms with Crippen LogP contribution in [0.5, 0.6) is 0 Å². The molecule has 140 valence electrons. The van der Waals surface area contributed by atoms with E-state index in [9.17, 15) is 19.7 Å². The van der Waals surface area contributed by atoms with Crippen LogP contribution in [-0.2, 0) is 4.79 Å². The summed E-state index contributed by atoms with van der Waals surface area (Å²) < 4.78 is 1.89. The molecule has 7 nitrogen and oxygen atoms in total. The molecule has 2 amide bonds. The summed E-state index contributed by atoms with van der Waals surface area (Å²) in [6.07, 6.45) is 1.71. The molecule has 0 atom stereocenters. The number of nitro groups is 1. The number of hydrogen-bond acceptors (Lipinski definition) is 5. The summed E-state index contributed by atoms with van der Waals surface area (Å²) in [6, 6.07) is 8.10. The number of nitro benzene ring substituents is 1. The van der Waals surface area contributed by atoms with E-state index < -0.39 is 4.92 Å². The van der Waals surface area contributed by atoms with Crippen molar-refractivity contribution in [2.75, 3.05) is 0 Å². The lowest BCUT2D eigenvalue weighted by Crippen LogP contribution is -2.34. The van der Waals surface area contributed by atoms with Crippen LogP contribution < -0.4 is 0 Å². The molecule has 0 unspecified atom stereocenters. The molecule has 0 radical (unpaired) electrons. The fourth-order valence-electron chi connectivity index (χ4n) is 3.14. The van der Waals surface area contributed by atoms with Crippen LogP contribution in [0.15, 0.2) is 35.2 Å². The molecule has 27 heavy (non-hydrogen) atoms. The van der Waals surface area contributed by atoms with Gasteiger partial charge in [-0.25, -0.2) is 0 Å². The fourth-order valence-corrected chi connectivity index (χ4v) is 4.09. The highest BCUT2D eigenvalue weighted by Crippen LogP contribution is 2.35. The zero-order valence-corrected chi connectivity index (χ0v) is 16.2. The molecule has 1 aromatic heterocycles. The molecule has 3 rings (SSSR count). The van der Waals surface area contributed by atoms with Crippen molar-refractivity contribution in [2.45, 2.75) is 33.7 Å². The van der Waals surface area contributed by atoms with Gasteiger partial charge in [0.1, 0.15) is 0 Å². The first-order chi connectivity index (χ1) is 12.7. The van der Waals surface area contributed by atoms with Crippen molar-refractivity contribution in [1.29, 1.82) is 0 Å². The Kier molecular flexibility index (Phi) is 4.93. The zero-order chi connectivity index (χ0) is 19.9. The Balaban J connectivity index is 2.03. The highest BCUT2D eigenvalue weighted by molar-refractivity contribution is 8.18. The lowest BCUT2D eigenvalue weighted by Gasteiger charge is -2.16. The van der Waals surface area contributed by atoms with Gasteiger partial charge < -0.3 is 4.57 Å². The Bertz CT molecular complexity index is 991. The van der Waals surface area contributed by atoms with Crippen LogP contribution in [0.1, 0.15) is 30.8 Å². The Morgan fingerprint density at radius 3 is 2.48 bits per heavy atom. The topological polar surface area (TPSA) is 85.5 Å². The third-order valence-electron chi connectivity index (χ3n) is 4.40. The number of rotatable bonds is 4. The first-order valence-electron chi connectivity index (χ1n) is 8.41. The third-order valence-corrected chi connectivity index (χ3v) is 5.28. The second-order valence-electron chi connectivity index (χ2n) is 6.58. The average molecular weight is 385 g/mol. The highest BCUT2D eigenvalue weighted by atomic mass is 32.2. The number of carbonyl (C=O) groups is 2. The van der Waals surface area contributed by atoms with E-state index in [4.69, 9.17) is 0 Å². The number of imide groups is 1. The number of aryl methyl sites for hydroxylation is 1. The summed E-state index contributed by atoms with van der Waals surface area (Å²) in [5.74, 6) is -0.292. The SMILES string of the molecule is Cc1cc(/C=C2/SC(=O)N(C(C)C)C2=O)c(C)n1-c1cccc([N+](=O)[O-])c1. The van der Waals surface area contributed by atoms with E-state index in [-0.39, 0.29) is 22.9 Å². The molecule has 1 aliphatic heterocycles. The van der Waals surface area contributed by atoms with Gasteiger partial charge in [0.2, 0.25) is 0 Å². The third kappa shape index (κ3) is 3.40. The van der Waals surface area contributed by atoms with Gasteiger partial charge in [0.25, 0.3) is 16.8 Å². The second kappa shape index (κ2) is 7.03. The summed E-state index contributed by atoms with van der Waals surface area (Å²) in [4.78, 5) is 36.8. The van der Waals surface area contributed by atoms with E-state index in [1.165, 1.54) is 17.0 Å². The van der Waals surface area contributed by atoms with Gasteiger partial charge in [-0.05, 0) is 63.2 Å². The first kappa shape index (κ1) is 18.9. The maximum atomic E-state index is 12.5. The maximum absolute atomic E-state index is 12.5. The molecule has 0 spiro atoms. The summed E-state index contributed by atoms with van der Waals surface area (Å²) in [5, 5.41) is 10.8. The molecule has 1 aromatic carbocycles. The standard InChI is InChI=1S/C19H19N3O4S/c1-11(2)20-18(23)17(27-19(20)24)9-14-8-12(3)21(13(14)4)15-6-5-7-16(10-15)22(25)26/h5-11H,1-4H3/b17-9+. The van der Waals surface area contributed by atoms with Crippen LogP contribution in [0, 0.1) is 24.0 Å². The van der Waals surface area contributed by atoms with E-state index >= 15 is 0 Å². The van der Waals surface area contributed by atoms with E-state index in [2.05, 4.69) is 0 Å². The molecule has 1 saturated heterocycles. The van der Waals surface area contributed by atoms with E-state index in [0.29, 0.717) is 10.6 Å². The van der Waals surface area contributed by atoms with Crippen molar-refractivity contribution in [2.24, 2.45) is 0 Å². The van der Waals surface area contributed by atoms with Gasteiger partial charge in [-0.3, -0.25) is 24.6 Å². The Morgan fingerprint density at radius 1 is 1.19 bits per heavy atom. The van der Waals surface area contributed by atoms with Crippen molar-refractivity contribution in [3.8, 4) is 5.69 Å². The normalized spacial score (nSPS) is 16.0. The van der Waals surface area contributed by atoms with Crippen LogP contribution >= 0.6 is 11.8 Å². The molecule has 0 aliphatic carbocycles. The molecular formula is C19H19N3O4S. The van der Waals surface area contributed by atoms with Gasteiger partial charge in [-0.15, -0.1) is 0 Å². The number of non-ortho nitro benzene ring substituents is 1. The number of hydrogen-bond donors (Lipinski definition) is 0. The van der Waals surface area contributed by atoms with E-state index in [1.54, 1.807) is 32.1 Å². The van der Waals surface area contributed by atoms with Gasteiger partial charge in [0, 0.05) is 29.6 Å². The lowest BCUT2D eigenvalue weighted by molar-refractivity contribution is -0.384. The molecular weight excluding hydrogens is 366 g/mol. The highest BCUT2D eigenvalue weighted by Gasteiger charge is 2.36. The predicted octanol–water partition coefficient (Wildman–Crippen LogP) is 4.45. The average Bonchev–Trinajstić information content (AvgIpc) is 3.03. The number of amides is 2. The summed E-state index contributed by atoms with van der Waals surface area (Å²) >= 11 is 0.931. The molecule has 0 N–H and O–H groups in total. The predicted molar refractivity (Wildman–Crippen MR) is 105 cm³/mol. The van der Waals surface area contributed by atoms with Gasteiger partial charge >= 0.3 is 0 Å². The number of thioether (sulfide) groups is 1. The molecule has 0 bridgehead atoms. The summed E-state index contributed by atoms with van der Waals surface area (Å²) in [7, 11) is 0. The van der Waals surface area contributed by atoms with Crippen molar-refractivity contribution >= 4 is 34.7 Å². The van der Waals surface area contributed by atoms with Crippen molar-refractivity contribution in [3.05, 3.63) is 62.3 Å². The molecule has 1 fully saturated rings. The van der Waals surface area contributed by atoms with Crippen LogP contribution in [0.3, 0.4) is 0 Å². The van der Waals surface area contributed by atoms with E-state index in [1.807, 2.05) is 24.5 Å². The molecule has 1 aliphatic rings. The quantitative estimate of drug-likeness (QED) is 0.441. The number of benzene rings is 1. The van der Waals surface area contributed by atoms with Gasteiger partial charge in [-0.1, -0.05) is 6.07 Å². The molecule has 0 saturated carbocycles. The van der Waals surface area contributed by atoms with Crippen molar-refractivity contribution in [3.63, 3.8) is 0 Å². The Labute approximate surface area is 160 Å². The molecule has 2 aromatic rings. The number of nitrogens with zero attached hydrogens (tertiary/aromatic N) is 3. The minimum Gasteiger partial charge on any atom is -0.318 e. The Morgan fingerprint density at radius 2 is 1.89 bits per heavy atom. The minimum atomic E-state index is -0.430. The second-order valence-corrected chi connectivity index (χ2v) is 7.58. The number of carbonyl (C=O) groups excluding carboxylic acids is 2. The Hall–Kier alpha value is -2.87.